The van der Waals surface area contributed by atoms with E-state index in [1.165, 1.54) is 0 Å². The average molecular weight is 237 g/mol. The third kappa shape index (κ3) is 2.83. The SMILES string of the molecule is CCc1cnc(CN2CCC(=O)NCC2=O)o1. The Hall–Kier alpha value is -1.85. The fraction of sp³-hybridized carbons (Fsp3) is 0.545. The monoisotopic (exact) mass is 237 g/mol. The summed E-state index contributed by atoms with van der Waals surface area (Å²) in [7, 11) is 0. The highest BCUT2D eigenvalue weighted by Gasteiger charge is 2.21. The molecule has 6 heteroatoms. The van der Waals surface area contributed by atoms with Gasteiger partial charge in [-0.15, -0.1) is 0 Å². The first-order valence-corrected chi connectivity index (χ1v) is 5.67. The predicted molar refractivity (Wildman–Crippen MR) is 58.9 cm³/mol. The largest absolute Gasteiger partial charge is 0.444 e. The van der Waals surface area contributed by atoms with Crippen LogP contribution in [0.3, 0.4) is 0 Å². The van der Waals surface area contributed by atoms with E-state index < -0.39 is 0 Å². The highest BCUT2D eigenvalue weighted by Crippen LogP contribution is 2.09. The first kappa shape index (κ1) is 11.6. The normalized spacial score (nSPS) is 16.9. The minimum absolute atomic E-state index is 0.0557. The molecule has 1 aromatic rings. The van der Waals surface area contributed by atoms with Crippen LogP contribution in [0.25, 0.3) is 0 Å². The molecule has 92 valence electrons. The number of nitrogens with one attached hydrogen (secondary N) is 1. The number of hydrogen-bond acceptors (Lipinski definition) is 4. The van der Waals surface area contributed by atoms with E-state index in [1.54, 1.807) is 11.1 Å². The fourth-order valence-corrected chi connectivity index (χ4v) is 1.65. The van der Waals surface area contributed by atoms with E-state index >= 15 is 0 Å². The summed E-state index contributed by atoms with van der Waals surface area (Å²) in [6.07, 6.45) is 2.77. The number of aromatic nitrogens is 1. The van der Waals surface area contributed by atoms with Gasteiger partial charge in [0.2, 0.25) is 17.7 Å². The van der Waals surface area contributed by atoms with Crippen LogP contribution in [-0.4, -0.2) is 34.8 Å². The lowest BCUT2D eigenvalue weighted by Crippen LogP contribution is -2.34. The highest BCUT2D eigenvalue weighted by molar-refractivity contribution is 5.87. The molecule has 2 rings (SSSR count). The van der Waals surface area contributed by atoms with Crippen LogP contribution in [0, 0.1) is 0 Å². The Kier molecular flexibility index (Phi) is 3.41. The molecule has 1 aliphatic rings. The van der Waals surface area contributed by atoms with Gasteiger partial charge in [0.1, 0.15) is 5.76 Å². The van der Waals surface area contributed by atoms with Gasteiger partial charge in [0.25, 0.3) is 0 Å². The third-order valence-electron chi connectivity index (χ3n) is 2.67. The second kappa shape index (κ2) is 4.99. The molecule has 1 saturated heterocycles. The lowest BCUT2D eigenvalue weighted by atomic mass is 10.4. The summed E-state index contributed by atoms with van der Waals surface area (Å²) >= 11 is 0. The van der Waals surface area contributed by atoms with Crippen molar-refractivity contribution in [3.05, 3.63) is 17.8 Å². The molecule has 1 aliphatic heterocycles. The van der Waals surface area contributed by atoms with E-state index in [4.69, 9.17) is 4.42 Å². The zero-order valence-corrected chi connectivity index (χ0v) is 9.73. The molecule has 17 heavy (non-hydrogen) atoms. The second-order valence-electron chi connectivity index (χ2n) is 3.92. The van der Waals surface area contributed by atoms with Crippen molar-refractivity contribution in [3.63, 3.8) is 0 Å². The number of carbonyl (C=O) groups is 2. The van der Waals surface area contributed by atoms with Gasteiger partial charge < -0.3 is 14.6 Å². The Morgan fingerprint density at radius 3 is 3.06 bits per heavy atom. The summed E-state index contributed by atoms with van der Waals surface area (Å²) in [4.78, 5) is 28.5. The Labute approximate surface area is 99.0 Å². The molecule has 2 amide bonds. The number of oxazole rings is 1. The number of amides is 2. The molecule has 0 unspecified atom stereocenters. The van der Waals surface area contributed by atoms with E-state index in [1.807, 2.05) is 6.92 Å². The van der Waals surface area contributed by atoms with Crippen LogP contribution in [0.4, 0.5) is 0 Å². The molecule has 0 saturated carbocycles. The van der Waals surface area contributed by atoms with Crippen molar-refractivity contribution < 1.29 is 14.0 Å². The van der Waals surface area contributed by atoms with E-state index in [0.717, 1.165) is 12.2 Å². The summed E-state index contributed by atoms with van der Waals surface area (Å²) in [5.41, 5.74) is 0. The van der Waals surface area contributed by atoms with Crippen LogP contribution < -0.4 is 5.32 Å². The highest BCUT2D eigenvalue weighted by atomic mass is 16.4. The van der Waals surface area contributed by atoms with E-state index in [-0.39, 0.29) is 18.4 Å². The Bertz CT molecular complexity index is 427. The van der Waals surface area contributed by atoms with Crippen LogP contribution in [0.2, 0.25) is 0 Å². The van der Waals surface area contributed by atoms with Gasteiger partial charge in [-0.2, -0.15) is 0 Å². The molecule has 0 aromatic carbocycles. The zero-order valence-electron chi connectivity index (χ0n) is 9.73. The summed E-state index contributed by atoms with van der Waals surface area (Å²) in [5.74, 6) is 1.12. The molecular formula is C11H15N3O3. The standard InChI is InChI=1S/C11H15N3O3/c1-2-8-5-13-10(17-8)7-14-4-3-9(15)12-6-11(14)16/h5H,2-4,6-7H2,1H3,(H,12,15). The van der Waals surface area contributed by atoms with E-state index in [2.05, 4.69) is 10.3 Å². The average Bonchev–Trinajstić information content (AvgIpc) is 2.72. The third-order valence-corrected chi connectivity index (χ3v) is 2.67. The Balaban J connectivity index is 2.01. The summed E-state index contributed by atoms with van der Waals surface area (Å²) in [6, 6.07) is 0. The first-order chi connectivity index (χ1) is 8.19. The van der Waals surface area contributed by atoms with Gasteiger partial charge in [-0.05, 0) is 0 Å². The van der Waals surface area contributed by atoms with Crippen molar-refractivity contribution >= 4 is 11.8 Å². The van der Waals surface area contributed by atoms with Crippen molar-refractivity contribution in [1.82, 2.24) is 15.2 Å². The van der Waals surface area contributed by atoms with Crippen molar-refractivity contribution in [2.24, 2.45) is 0 Å². The van der Waals surface area contributed by atoms with Crippen molar-refractivity contribution in [2.75, 3.05) is 13.1 Å². The van der Waals surface area contributed by atoms with Crippen LogP contribution in [0.15, 0.2) is 10.6 Å². The van der Waals surface area contributed by atoms with Gasteiger partial charge in [0.15, 0.2) is 0 Å². The smallest absolute Gasteiger partial charge is 0.242 e. The molecule has 0 radical (unpaired) electrons. The van der Waals surface area contributed by atoms with E-state index in [9.17, 15) is 9.59 Å². The summed E-state index contributed by atoms with van der Waals surface area (Å²) in [5, 5.41) is 2.55. The van der Waals surface area contributed by atoms with Gasteiger partial charge in [-0.3, -0.25) is 9.59 Å². The van der Waals surface area contributed by atoms with Gasteiger partial charge in [0.05, 0.1) is 19.3 Å². The summed E-state index contributed by atoms with van der Waals surface area (Å²) < 4.78 is 5.44. The lowest BCUT2D eigenvalue weighted by Gasteiger charge is -2.17. The number of hydrogen-bond donors (Lipinski definition) is 1. The maximum Gasteiger partial charge on any atom is 0.242 e. The van der Waals surface area contributed by atoms with Gasteiger partial charge in [-0.25, -0.2) is 4.98 Å². The van der Waals surface area contributed by atoms with Gasteiger partial charge in [0, 0.05) is 19.4 Å². The molecule has 6 nitrogen and oxygen atoms in total. The molecule has 0 bridgehead atoms. The molecule has 1 aromatic heterocycles. The predicted octanol–water partition coefficient (Wildman–Crippen LogP) is 0.0855. The van der Waals surface area contributed by atoms with Crippen LogP contribution in [0.5, 0.6) is 0 Å². The molecule has 1 fully saturated rings. The molecule has 1 N–H and O–H groups in total. The maximum atomic E-state index is 11.7. The zero-order chi connectivity index (χ0) is 12.3. The van der Waals surface area contributed by atoms with Crippen LogP contribution in [0.1, 0.15) is 25.0 Å². The van der Waals surface area contributed by atoms with Crippen molar-refractivity contribution in [1.29, 1.82) is 0 Å². The lowest BCUT2D eigenvalue weighted by molar-refractivity contribution is -0.130. The van der Waals surface area contributed by atoms with Gasteiger partial charge >= 0.3 is 0 Å². The van der Waals surface area contributed by atoms with Crippen molar-refractivity contribution in [2.45, 2.75) is 26.3 Å². The van der Waals surface area contributed by atoms with Crippen LogP contribution in [-0.2, 0) is 22.6 Å². The molecule has 2 heterocycles. The molecular weight excluding hydrogens is 222 g/mol. The maximum absolute atomic E-state index is 11.7. The second-order valence-corrected chi connectivity index (χ2v) is 3.92. The van der Waals surface area contributed by atoms with E-state index in [0.29, 0.717) is 25.4 Å². The molecule has 0 aliphatic carbocycles. The fourth-order valence-electron chi connectivity index (χ4n) is 1.65. The van der Waals surface area contributed by atoms with Crippen molar-refractivity contribution in [3.8, 4) is 0 Å². The number of rotatable bonds is 3. The Morgan fingerprint density at radius 2 is 2.35 bits per heavy atom. The number of aryl methyl sites for hydroxylation is 1. The quantitative estimate of drug-likeness (QED) is 0.808. The minimum atomic E-state index is -0.105. The van der Waals surface area contributed by atoms with Gasteiger partial charge in [-0.1, -0.05) is 6.92 Å². The molecule has 0 atom stereocenters. The molecule has 0 spiro atoms. The Morgan fingerprint density at radius 1 is 1.53 bits per heavy atom. The first-order valence-electron chi connectivity index (χ1n) is 5.67. The number of carbonyl (C=O) groups excluding carboxylic acids is 2. The summed E-state index contributed by atoms with van der Waals surface area (Å²) in [6.45, 7) is 2.77. The minimum Gasteiger partial charge on any atom is -0.444 e. The topological polar surface area (TPSA) is 75.4 Å². The number of nitrogens with zero attached hydrogens (tertiary/aromatic N) is 2. The van der Waals surface area contributed by atoms with Crippen LogP contribution >= 0.6 is 0 Å².